The van der Waals surface area contributed by atoms with Crippen molar-refractivity contribution in [2.45, 2.75) is 17.6 Å². The van der Waals surface area contributed by atoms with E-state index in [0.717, 1.165) is 22.3 Å². The van der Waals surface area contributed by atoms with E-state index in [4.69, 9.17) is 4.74 Å². The van der Waals surface area contributed by atoms with Gasteiger partial charge in [0.1, 0.15) is 5.75 Å². The van der Waals surface area contributed by atoms with Crippen molar-refractivity contribution >= 4 is 9.84 Å². The number of benzene rings is 2. The second-order valence-corrected chi connectivity index (χ2v) is 6.74. The molecule has 19 heavy (non-hydrogen) atoms. The van der Waals surface area contributed by atoms with E-state index < -0.39 is 9.84 Å². The molecular weight excluding hydrogens is 260 g/mol. The fraction of sp³-hybridized carbons (Fsp3) is 0.200. The summed E-state index contributed by atoms with van der Waals surface area (Å²) in [6.07, 6.45) is 0. The molecule has 4 heteroatoms. The number of sulfone groups is 1. The first-order valence-electron chi connectivity index (χ1n) is 6.02. The minimum atomic E-state index is -3.26. The van der Waals surface area contributed by atoms with E-state index in [9.17, 15) is 8.42 Å². The Morgan fingerprint density at radius 3 is 2.53 bits per heavy atom. The molecule has 98 valence electrons. The third-order valence-corrected chi connectivity index (χ3v) is 5.12. The van der Waals surface area contributed by atoms with Crippen LogP contribution in [0.25, 0.3) is 11.1 Å². The van der Waals surface area contributed by atoms with Crippen LogP contribution in [0.15, 0.2) is 41.3 Å². The van der Waals surface area contributed by atoms with E-state index in [0.29, 0.717) is 10.6 Å². The molecule has 0 unspecified atom stereocenters. The molecule has 0 aromatic heterocycles. The molecule has 0 spiro atoms. The van der Waals surface area contributed by atoms with Crippen LogP contribution < -0.4 is 4.74 Å². The molecular formula is C15H14O3S. The van der Waals surface area contributed by atoms with Crippen molar-refractivity contribution in [3.8, 4) is 16.9 Å². The molecule has 2 aromatic rings. The highest BCUT2D eigenvalue weighted by molar-refractivity contribution is 7.90. The topological polar surface area (TPSA) is 43.4 Å². The molecule has 3 rings (SSSR count). The van der Waals surface area contributed by atoms with Gasteiger partial charge in [-0.15, -0.1) is 0 Å². The zero-order chi connectivity index (χ0) is 13.6. The van der Waals surface area contributed by atoms with Crippen LogP contribution in [0.1, 0.15) is 11.1 Å². The molecule has 0 aliphatic carbocycles. The maximum atomic E-state index is 12.3. The van der Waals surface area contributed by atoms with Gasteiger partial charge in [0.15, 0.2) is 9.84 Å². The van der Waals surface area contributed by atoms with Crippen LogP contribution in [0.5, 0.6) is 5.75 Å². The largest absolute Gasteiger partial charge is 0.497 e. The van der Waals surface area contributed by atoms with Gasteiger partial charge in [-0.05, 0) is 41.8 Å². The molecule has 3 nitrogen and oxygen atoms in total. The summed E-state index contributed by atoms with van der Waals surface area (Å²) in [5, 5.41) is 0. The van der Waals surface area contributed by atoms with E-state index in [2.05, 4.69) is 0 Å². The van der Waals surface area contributed by atoms with Gasteiger partial charge in [0.05, 0.1) is 17.8 Å². The second-order valence-electron chi connectivity index (χ2n) is 4.78. The third kappa shape index (κ3) is 1.92. The monoisotopic (exact) mass is 274 g/mol. The molecule has 0 saturated carbocycles. The zero-order valence-electron chi connectivity index (χ0n) is 10.8. The smallest absolute Gasteiger partial charge is 0.183 e. The predicted molar refractivity (Wildman–Crippen MR) is 74.1 cm³/mol. The Hall–Kier alpha value is -1.81. The van der Waals surface area contributed by atoms with Crippen molar-refractivity contribution < 1.29 is 13.2 Å². The van der Waals surface area contributed by atoms with Gasteiger partial charge in [0.25, 0.3) is 0 Å². The summed E-state index contributed by atoms with van der Waals surface area (Å²) in [4.78, 5) is 0.435. The van der Waals surface area contributed by atoms with Crippen molar-refractivity contribution in [2.75, 3.05) is 7.11 Å². The number of rotatable bonds is 1. The lowest BCUT2D eigenvalue weighted by Crippen LogP contribution is -2.13. The molecule has 0 atom stereocenters. The zero-order valence-corrected chi connectivity index (χ0v) is 11.6. The molecule has 0 N–H and O–H groups in total. The van der Waals surface area contributed by atoms with Gasteiger partial charge in [-0.2, -0.15) is 0 Å². The standard InChI is InChI=1S/C15H14O3S/c1-10-3-5-14-13-6-4-12(18-2)8-11(13)9-19(16,17)15(14)7-10/h3-8H,9H2,1-2H3. The molecule has 0 fully saturated rings. The Labute approximate surface area is 112 Å². The fourth-order valence-electron chi connectivity index (χ4n) is 2.47. The lowest BCUT2D eigenvalue weighted by atomic mass is 9.99. The van der Waals surface area contributed by atoms with Gasteiger partial charge in [0, 0.05) is 5.56 Å². The Morgan fingerprint density at radius 2 is 1.79 bits per heavy atom. The number of fused-ring (bicyclic) bond motifs is 3. The molecule has 0 bridgehead atoms. The van der Waals surface area contributed by atoms with Crippen LogP contribution in [0.3, 0.4) is 0 Å². The van der Waals surface area contributed by atoms with Gasteiger partial charge < -0.3 is 4.74 Å². The average Bonchev–Trinajstić information content (AvgIpc) is 2.38. The van der Waals surface area contributed by atoms with Gasteiger partial charge in [0.2, 0.25) is 0 Å². The summed E-state index contributed by atoms with van der Waals surface area (Å²) in [5.41, 5.74) is 3.52. The van der Waals surface area contributed by atoms with Crippen molar-refractivity contribution in [3.63, 3.8) is 0 Å². The highest BCUT2D eigenvalue weighted by Gasteiger charge is 2.28. The summed E-state index contributed by atoms with van der Waals surface area (Å²) < 4.78 is 29.9. The van der Waals surface area contributed by atoms with Crippen molar-refractivity contribution in [2.24, 2.45) is 0 Å². The first kappa shape index (κ1) is 12.2. The molecule has 0 amide bonds. The molecule has 0 saturated heterocycles. The summed E-state index contributed by atoms with van der Waals surface area (Å²) in [6, 6.07) is 11.2. The molecule has 0 radical (unpaired) electrons. The van der Waals surface area contributed by atoms with Gasteiger partial charge in [-0.25, -0.2) is 8.42 Å². The lowest BCUT2D eigenvalue weighted by Gasteiger charge is -2.21. The first-order valence-corrected chi connectivity index (χ1v) is 7.67. The minimum Gasteiger partial charge on any atom is -0.497 e. The van der Waals surface area contributed by atoms with Crippen LogP contribution >= 0.6 is 0 Å². The SMILES string of the molecule is COc1ccc2c(c1)CS(=O)(=O)c1cc(C)ccc1-2. The number of hydrogen-bond donors (Lipinski definition) is 0. The van der Waals surface area contributed by atoms with E-state index in [1.807, 2.05) is 31.2 Å². The van der Waals surface area contributed by atoms with E-state index in [1.165, 1.54) is 0 Å². The number of methoxy groups -OCH3 is 1. The molecule has 2 aromatic carbocycles. The maximum absolute atomic E-state index is 12.3. The first-order chi connectivity index (χ1) is 9.01. The Morgan fingerprint density at radius 1 is 1.05 bits per heavy atom. The summed E-state index contributed by atoms with van der Waals surface area (Å²) in [7, 11) is -1.68. The van der Waals surface area contributed by atoms with Crippen LogP contribution in [0, 0.1) is 6.92 Å². The maximum Gasteiger partial charge on any atom is 0.183 e. The third-order valence-electron chi connectivity index (χ3n) is 3.42. The Balaban J connectivity index is 2.32. The van der Waals surface area contributed by atoms with Crippen molar-refractivity contribution in [3.05, 3.63) is 47.5 Å². The van der Waals surface area contributed by atoms with E-state index >= 15 is 0 Å². The summed E-state index contributed by atoms with van der Waals surface area (Å²) in [5.74, 6) is 0.722. The highest BCUT2D eigenvalue weighted by Crippen LogP contribution is 2.39. The van der Waals surface area contributed by atoms with Gasteiger partial charge in [-0.3, -0.25) is 0 Å². The van der Waals surface area contributed by atoms with E-state index in [1.54, 1.807) is 19.2 Å². The number of ether oxygens (including phenoxy) is 1. The molecule has 1 aliphatic rings. The summed E-state index contributed by atoms with van der Waals surface area (Å²) >= 11 is 0. The second kappa shape index (κ2) is 4.10. The van der Waals surface area contributed by atoms with Gasteiger partial charge in [-0.1, -0.05) is 18.2 Å². The fourth-order valence-corrected chi connectivity index (χ4v) is 4.15. The van der Waals surface area contributed by atoms with E-state index in [-0.39, 0.29) is 5.75 Å². The molecule has 1 aliphatic heterocycles. The van der Waals surface area contributed by atoms with Crippen molar-refractivity contribution in [1.29, 1.82) is 0 Å². The Kier molecular flexibility index (Phi) is 2.64. The van der Waals surface area contributed by atoms with Crippen molar-refractivity contribution in [1.82, 2.24) is 0 Å². The van der Waals surface area contributed by atoms with Crippen LogP contribution in [0.2, 0.25) is 0 Å². The quantitative estimate of drug-likeness (QED) is 0.803. The number of aryl methyl sites for hydroxylation is 1. The predicted octanol–water partition coefficient (Wildman–Crippen LogP) is 2.96. The Bertz CT molecular complexity index is 761. The summed E-state index contributed by atoms with van der Waals surface area (Å²) in [6.45, 7) is 1.90. The highest BCUT2D eigenvalue weighted by atomic mass is 32.2. The normalized spacial score (nSPS) is 15.5. The van der Waals surface area contributed by atoms with Crippen LogP contribution in [-0.2, 0) is 15.6 Å². The van der Waals surface area contributed by atoms with Crippen LogP contribution in [-0.4, -0.2) is 15.5 Å². The minimum absolute atomic E-state index is 0.0377. The number of hydrogen-bond acceptors (Lipinski definition) is 3. The molecule has 1 heterocycles. The van der Waals surface area contributed by atoms with Gasteiger partial charge >= 0.3 is 0 Å². The average molecular weight is 274 g/mol. The lowest BCUT2D eigenvalue weighted by molar-refractivity contribution is 0.414. The van der Waals surface area contributed by atoms with Crippen LogP contribution in [0.4, 0.5) is 0 Å².